The lowest BCUT2D eigenvalue weighted by Crippen LogP contribution is -2.34. The number of nitrogens with two attached hydrogens (primary N) is 2. The maximum atomic E-state index is 10.2. The highest BCUT2D eigenvalue weighted by Crippen LogP contribution is 1.92. The van der Waals surface area contributed by atoms with E-state index in [-0.39, 0.29) is 25.8 Å². The maximum absolute atomic E-state index is 10.2. The third kappa shape index (κ3) is 16.6. The molecule has 0 bridgehead atoms. The van der Waals surface area contributed by atoms with Gasteiger partial charge in [-0.1, -0.05) is 0 Å². The number of hydrogen-bond donors (Lipinski definition) is 8. The molecule has 0 radical (unpaired) electrons. The second kappa shape index (κ2) is 15.9. The Labute approximate surface area is 130 Å². The molecule has 0 amide bonds. The Morgan fingerprint density at radius 3 is 1.91 bits per heavy atom. The summed E-state index contributed by atoms with van der Waals surface area (Å²) in [7, 11) is 0. The molecule has 0 rings (SSSR count). The molecule has 0 spiro atoms. The van der Waals surface area contributed by atoms with Crippen molar-refractivity contribution in [3.05, 3.63) is 0 Å². The third-order valence-electron chi connectivity index (χ3n) is 2.57. The number of aliphatic hydroxyl groups excluding tert-OH is 3. The van der Waals surface area contributed by atoms with Gasteiger partial charge >= 0.3 is 5.97 Å². The summed E-state index contributed by atoms with van der Waals surface area (Å²) in [5, 5.41) is 43.2. The second-order valence-corrected chi connectivity index (χ2v) is 4.44. The normalized spacial score (nSPS) is 11.5. The number of nitrogens with zero attached hydrogens (tertiary/aromatic N) is 1. The van der Waals surface area contributed by atoms with Gasteiger partial charge in [0.1, 0.15) is 6.04 Å². The minimum absolute atomic E-state index is 0.0694. The predicted molar refractivity (Wildman–Crippen MR) is 82.5 cm³/mol. The van der Waals surface area contributed by atoms with Crippen LogP contribution in [0.25, 0.3) is 0 Å². The van der Waals surface area contributed by atoms with E-state index in [4.69, 9.17) is 37.3 Å². The first-order valence-electron chi connectivity index (χ1n) is 7.00. The van der Waals surface area contributed by atoms with E-state index in [9.17, 15) is 4.79 Å². The molecule has 1 atom stereocenters. The summed E-state index contributed by atoms with van der Waals surface area (Å²) in [5.74, 6) is -1.11. The lowest BCUT2D eigenvalue weighted by Gasteiger charge is -2.17. The number of nitrogens with one attached hydrogen (secondary N) is 2. The highest BCUT2D eigenvalue weighted by molar-refractivity contribution is 5.74. The summed E-state index contributed by atoms with van der Waals surface area (Å²) in [5.41, 5.74) is 10.2. The number of guanidine groups is 1. The average Bonchev–Trinajstić information content (AvgIpc) is 2.44. The monoisotopic (exact) mass is 323 g/mol. The van der Waals surface area contributed by atoms with Gasteiger partial charge in [-0.15, -0.1) is 0 Å². The van der Waals surface area contributed by atoms with E-state index < -0.39 is 12.0 Å². The van der Waals surface area contributed by atoms with Gasteiger partial charge in [0.2, 0.25) is 0 Å². The minimum Gasteiger partial charge on any atom is -0.480 e. The molecule has 0 aliphatic heterocycles. The van der Waals surface area contributed by atoms with E-state index in [0.29, 0.717) is 39.0 Å². The van der Waals surface area contributed by atoms with Crippen molar-refractivity contribution >= 4 is 11.9 Å². The van der Waals surface area contributed by atoms with Gasteiger partial charge in [0.25, 0.3) is 0 Å². The van der Waals surface area contributed by atoms with Crippen LogP contribution in [0.3, 0.4) is 0 Å². The number of hydrogen-bond acceptors (Lipinski definition) is 7. The van der Waals surface area contributed by atoms with Gasteiger partial charge in [-0.05, 0) is 12.8 Å². The van der Waals surface area contributed by atoms with Crippen LogP contribution in [0.1, 0.15) is 12.8 Å². The second-order valence-electron chi connectivity index (χ2n) is 4.44. The van der Waals surface area contributed by atoms with E-state index in [1.807, 2.05) is 0 Å². The van der Waals surface area contributed by atoms with Gasteiger partial charge in [-0.25, -0.2) is 0 Å². The molecule has 10 N–H and O–H groups in total. The molecule has 0 aromatic carbocycles. The molecule has 0 saturated carbocycles. The fraction of sp³-hybridized carbons (Fsp3) is 0.833. The largest absolute Gasteiger partial charge is 0.480 e. The van der Waals surface area contributed by atoms with Crippen LogP contribution in [-0.4, -0.2) is 89.3 Å². The maximum Gasteiger partial charge on any atom is 0.320 e. The Balaban J connectivity index is 0. The first-order chi connectivity index (χ1) is 10.4. The lowest BCUT2D eigenvalue weighted by molar-refractivity contribution is -0.138. The molecule has 22 heavy (non-hydrogen) atoms. The summed E-state index contributed by atoms with van der Waals surface area (Å²) < 4.78 is 0. The standard InChI is InChI=1S/C6H14N4O2.C6H15NO3/c7-4(5(11)12)2-1-3-10-6(8)9;8-4-1-7(2-5-9)3-6-10/h4H,1-3,7H2,(H,11,12)(H4,8,9,10);8-10H,1-6H2/t4-;/m0./s1. The summed E-state index contributed by atoms with van der Waals surface area (Å²) in [6, 6.07) is -0.821. The van der Waals surface area contributed by atoms with E-state index in [1.165, 1.54) is 0 Å². The van der Waals surface area contributed by atoms with Crippen molar-refractivity contribution in [3.8, 4) is 0 Å². The number of aliphatic carboxylic acids is 1. The van der Waals surface area contributed by atoms with E-state index >= 15 is 0 Å². The zero-order valence-corrected chi connectivity index (χ0v) is 12.7. The Kier molecular flexibility index (Phi) is 16.5. The van der Waals surface area contributed by atoms with Gasteiger partial charge in [-0.2, -0.15) is 0 Å². The summed E-state index contributed by atoms with van der Waals surface area (Å²) in [6.45, 7) is 2.24. The van der Waals surface area contributed by atoms with Crippen molar-refractivity contribution in [2.45, 2.75) is 18.9 Å². The van der Waals surface area contributed by atoms with Crippen LogP contribution in [0.4, 0.5) is 0 Å². The Bertz CT molecular complexity index is 279. The highest BCUT2D eigenvalue weighted by Gasteiger charge is 2.09. The molecular weight excluding hydrogens is 294 g/mol. The summed E-state index contributed by atoms with van der Waals surface area (Å²) >= 11 is 0. The van der Waals surface area contributed by atoms with Crippen LogP contribution in [0.15, 0.2) is 0 Å². The molecule has 0 aromatic rings. The van der Waals surface area contributed by atoms with E-state index in [0.717, 1.165) is 0 Å². The Morgan fingerprint density at radius 1 is 1.14 bits per heavy atom. The summed E-state index contributed by atoms with van der Waals surface area (Å²) in [4.78, 5) is 12.0. The van der Waals surface area contributed by atoms with Gasteiger partial charge in [-0.3, -0.25) is 15.1 Å². The van der Waals surface area contributed by atoms with Crippen LogP contribution in [0.5, 0.6) is 0 Å². The van der Waals surface area contributed by atoms with Gasteiger partial charge in [0, 0.05) is 26.2 Å². The molecule has 0 aliphatic carbocycles. The van der Waals surface area contributed by atoms with Crippen molar-refractivity contribution in [1.29, 1.82) is 5.41 Å². The van der Waals surface area contributed by atoms with Crippen molar-refractivity contribution in [2.75, 3.05) is 46.0 Å². The molecule has 10 nitrogen and oxygen atoms in total. The molecule has 10 heteroatoms. The van der Waals surface area contributed by atoms with Crippen LogP contribution in [-0.2, 0) is 4.79 Å². The number of carboxylic acid groups (broad SMARTS) is 1. The first kappa shape index (κ1) is 22.8. The zero-order chi connectivity index (χ0) is 17.4. The number of carbonyl (C=O) groups is 1. The number of aliphatic hydroxyl groups is 3. The molecule has 0 unspecified atom stereocenters. The SMILES string of the molecule is N=C(N)NCCC[C@H](N)C(=O)O.OCCN(CCO)CCO. The van der Waals surface area contributed by atoms with Gasteiger partial charge in [0.05, 0.1) is 19.8 Å². The molecule has 0 aliphatic rings. The number of rotatable bonds is 11. The van der Waals surface area contributed by atoms with Crippen LogP contribution in [0.2, 0.25) is 0 Å². The zero-order valence-electron chi connectivity index (χ0n) is 12.7. The number of carboxylic acids is 1. The smallest absolute Gasteiger partial charge is 0.320 e. The lowest BCUT2D eigenvalue weighted by atomic mass is 10.2. The first-order valence-corrected chi connectivity index (χ1v) is 7.00. The van der Waals surface area contributed by atoms with Gasteiger partial charge < -0.3 is 37.2 Å². The molecular formula is C12H29N5O5. The van der Waals surface area contributed by atoms with Crippen molar-refractivity contribution in [1.82, 2.24) is 10.2 Å². The van der Waals surface area contributed by atoms with Crippen molar-refractivity contribution in [3.63, 3.8) is 0 Å². The Morgan fingerprint density at radius 2 is 1.59 bits per heavy atom. The Hall–Kier alpha value is -1.46. The van der Waals surface area contributed by atoms with Crippen LogP contribution in [0, 0.1) is 5.41 Å². The third-order valence-corrected chi connectivity index (χ3v) is 2.57. The van der Waals surface area contributed by atoms with Gasteiger partial charge in [0.15, 0.2) is 5.96 Å². The molecule has 0 fully saturated rings. The van der Waals surface area contributed by atoms with E-state index in [2.05, 4.69) is 5.32 Å². The quantitative estimate of drug-likeness (QED) is 0.111. The fourth-order valence-corrected chi connectivity index (χ4v) is 1.43. The van der Waals surface area contributed by atoms with Crippen molar-refractivity contribution < 1.29 is 25.2 Å². The fourth-order valence-electron chi connectivity index (χ4n) is 1.43. The van der Waals surface area contributed by atoms with Crippen LogP contribution < -0.4 is 16.8 Å². The van der Waals surface area contributed by atoms with Crippen LogP contribution >= 0.6 is 0 Å². The predicted octanol–water partition coefficient (Wildman–Crippen LogP) is -3.07. The molecule has 0 heterocycles. The molecule has 0 aromatic heterocycles. The topological polar surface area (TPSA) is 189 Å². The molecule has 132 valence electrons. The van der Waals surface area contributed by atoms with E-state index in [1.54, 1.807) is 4.90 Å². The van der Waals surface area contributed by atoms with Crippen molar-refractivity contribution in [2.24, 2.45) is 11.5 Å². The molecule has 0 saturated heterocycles. The minimum atomic E-state index is -1.00. The average molecular weight is 323 g/mol. The highest BCUT2D eigenvalue weighted by atomic mass is 16.4. The summed E-state index contributed by atoms with van der Waals surface area (Å²) in [6.07, 6.45) is 0.975.